The van der Waals surface area contributed by atoms with Gasteiger partial charge in [0.15, 0.2) is 15.8 Å². The summed E-state index contributed by atoms with van der Waals surface area (Å²) in [5.74, 6) is -0.531. The van der Waals surface area contributed by atoms with Crippen molar-refractivity contribution < 1.29 is 23.5 Å². The highest BCUT2D eigenvalue weighted by atomic mass is 32.2. The Hall–Kier alpha value is -2.71. The van der Waals surface area contributed by atoms with Crippen molar-refractivity contribution in [1.82, 2.24) is 0 Å². The van der Waals surface area contributed by atoms with E-state index in [1.165, 1.54) is 30.0 Å². The quantitative estimate of drug-likeness (QED) is 0.308. The second kappa shape index (κ2) is 8.53. The van der Waals surface area contributed by atoms with Crippen LogP contribution in [0.1, 0.15) is 19.4 Å². The molecule has 0 radical (unpaired) electrons. The number of hydrogen-bond acceptors (Lipinski definition) is 6. The van der Waals surface area contributed by atoms with Crippen LogP contribution in [-0.2, 0) is 9.59 Å². The number of benzene rings is 2. The maximum atomic E-state index is 13.5. The van der Waals surface area contributed by atoms with Gasteiger partial charge in [-0.1, -0.05) is 36.1 Å². The molecule has 0 saturated carbocycles. The molecule has 8 heteroatoms. The maximum Gasteiger partial charge on any atom is 0.308 e. The van der Waals surface area contributed by atoms with Crippen molar-refractivity contribution in [3.05, 3.63) is 58.8 Å². The van der Waals surface area contributed by atoms with Gasteiger partial charge in [-0.3, -0.25) is 14.5 Å². The number of esters is 1. The molecular formula is C20H16FNO4S2. The number of halogens is 1. The number of nitrogens with zero attached hydrogens (tertiary/aromatic N) is 1. The lowest BCUT2D eigenvalue weighted by atomic mass is 10.1. The van der Waals surface area contributed by atoms with Gasteiger partial charge in [-0.25, -0.2) is 4.39 Å². The van der Waals surface area contributed by atoms with Crippen molar-refractivity contribution in [2.24, 2.45) is 0 Å². The van der Waals surface area contributed by atoms with E-state index in [1.807, 2.05) is 6.92 Å². The molecule has 1 amide bonds. The van der Waals surface area contributed by atoms with Crippen LogP contribution in [0.2, 0.25) is 0 Å². The smallest absolute Gasteiger partial charge is 0.308 e. The molecule has 0 N–H and O–H groups in total. The van der Waals surface area contributed by atoms with Gasteiger partial charge in [-0.15, -0.1) is 0 Å². The third-order valence-corrected chi connectivity index (χ3v) is 4.98. The topological polar surface area (TPSA) is 55.8 Å². The Morgan fingerprint density at radius 3 is 2.71 bits per heavy atom. The molecule has 28 heavy (non-hydrogen) atoms. The van der Waals surface area contributed by atoms with E-state index in [4.69, 9.17) is 21.7 Å². The van der Waals surface area contributed by atoms with E-state index >= 15 is 0 Å². The van der Waals surface area contributed by atoms with Crippen LogP contribution in [0.5, 0.6) is 11.5 Å². The number of carbonyl (C=O) groups is 2. The monoisotopic (exact) mass is 417 g/mol. The third kappa shape index (κ3) is 4.40. The molecule has 1 aliphatic rings. The molecule has 0 atom stereocenters. The van der Waals surface area contributed by atoms with Gasteiger partial charge >= 0.3 is 5.97 Å². The van der Waals surface area contributed by atoms with E-state index in [-0.39, 0.29) is 5.91 Å². The maximum absolute atomic E-state index is 13.5. The number of rotatable bonds is 5. The third-order valence-electron chi connectivity index (χ3n) is 3.68. The normalized spacial score (nSPS) is 15.2. The average Bonchev–Trinajstić information content (AvgIpc) is 2.90. The van der Waals surface area contributed by atoms with Crippen molar-refractivity contribution in [3.63, 3.8) is 0 Å². The zero-order valence-corrected chi connectivity index (χ0v) is 16.7. The lowest BCUT2D eigenvalue weighted by molar-refractivity contribution is -0.132. The van der Waals surface area contributed by atoms with Crippen LogP contribution in [0, 0.1) is 5.82 Å². The summed E-state index contributed by atoms with van der Waals surface area (Å²) in [5.41, 5.74) is 1.06. The molecule has 5 nitrogen and oxygen atoms in total. The Kier molecular flexibility index (Phi) is 6.11. The van der Waals surface area contributed by atoms with Crippen LogP contribution in [0.4, 0.5) is 10.1 Å². The first-order valence-corrected chi connectivity index (χ1v) is 9.60. The lowest BCUT2D eigenvalue weighted by Crippen LogP contribution is -2.27. The Morgan fingerprint density at radius 1 is 1.25 bits per heavy atom. The van der Waals surface area contributed by atoms with Gasteiger partial charge in [-0.05, 0) is 48.9 Å². The Morgan fingerprint density at radius 2 is 2.04 bits per heavy atom. The van der Waals surface area contributed by atoms with Crippen LogP contribution in [0.3, 0.4) is 0 Å². The van der Waals surface area contributed by atoms with Crippen molar-refractivity contribution >= 4 is 51.9 Å². The molecule has 2 aromatic rings. The van der Waals surface area contributed by atoms with E-state index < -0.39 is 11.8 Å². The molecule has 0 spiro atoms. The van der Waals surface area contributed by atoms with E-state index in [2.05, 4.69) is 0 Å². The minimum absolute atomic E-state index is 0.304. The molecular weight excluding hydrogens is 401 g/mol. The molecule has 0 unspecified atom stereocenters. The number of anilines is 1. The first-order valence-electron chi connectivity index (χ1n) is 8.38. The van der Waals surface area contributed by atoms with E-state index in [0.29, 0.717) is 38.6 Å². The molecule has 2 aromatic carbocycles. The van der Waals surface area contributed by atoms with Crippen molar-refractivity contribution in [2.75, 3.05) is 11.5 Å². The van der Waals surface area contributed by atoms with Gasteiger partial charge in [0, 0.05) is 6.92 Å². The zero-order valence-electron chi connectivity index (χ0n) is 15.1. The highest BCUT2D eigenvalue weighted by molar-refractivity contribution is 8.27. The fourth-order valence-electron chi connectivity index (χ4n) is 2.58. The number of amides is 1. The molecule has 3 rings (SSSR count). The number of ether oxygens (including phenoxy) is 2. The van der Waals surface area contributed by atoms with Crippen molar-refractivity contribution in [2.45, 2.75) is 13.8 Å². The highest BCUT2D eigenvalue weighted by Gasteiger charge is 2.33. The number of hydrogen-bond donors (Lipinski definition) is 0. The fourth-order valence-corrected chi connectivity index (χ4v) is 3.88. The first-order chi connectivity index (χ1) is 13.4. The van der Waals surface area contributed by atoms with Crippen LogP contribution < -0.4 is 14.4 Å². The SMILES string of the molecule is CCOc1cc(/C=C2\SC(=S)N(c3cccc(F)c3)C2=O)ccc1OC(C)=O. The zero-order chi connectivity index (χ0) is 20.3. The standard InChI is InChI=1S/C20H16FNO4S2/c1-3-25-17-9-13(7-8-16(17)26-12(2)23)10-18-19(24)22(20(27)28-18)15-6-4-5-14(21)11-15/h4-11H,3H2,1-2H3/b18-10-. The van der Waals surface area contributed by atoms with Crippen LogP contribution in [0.15, 0.2) is 47.4 Å². The second-order valence-corrected chi connectivity index (χ2v) is 7.41. The van der Waals surface area contributed by atoms with Gasteiger partial charge in [0.05, 0.1) is 17.2 Å². The van der Waals surface area contributed by atoms with E-state index in [0.717, 1.165) is 11.8 Å². The summed E-state index contributed by atoms with van der Waals surface area (Å²) >= 11 is 6.43. The Balaban J connectivity index is 1.91. The number of carbonyl (C=O) groups excluding carboxylic acids is 2. The van der Waals surface area contributed by atoms with Crippen LogP contribution in [0.25, 0.3) is 6.08 Å². The molecule has 1 heterocycles. The fraction of sp³-hybridized carbons (Fsp3) is 0.150. The number of thioether (sulfide) groups is 1. The summed E-state index contributed by atoms with van der Waals surface area (Å²) in [6, 6.07) is 10.7. The summed E-state index contributed by atoms with van der Waals surface area (Å²) < 4.78 is 24.5. The highest BCUT2D eigenvalue weighted by Crippen LogP contribution is 2.37. The summed E-state index contributed by atoms with van der Waals surface area (Å²) in [5, 5.41) is 0. The van der Waals surface area contributed by atoms with Gasteiger partial charge in [-0.2, -0.15) is 0 Å². The second-order valence-electron chi connectivity index (χ2n) is 5.73. The summed E-state index contributed by atoms with van der Waals surface area (Å²) in [6.45, 7) is 3.51. The minimum atomic E-state index is -0.454. The van der Waals surface area contributed by atoms with Gasteiger partial charge in [0.2, 0.25) is 0 Å². The lowest BCUT2D eigenvalue weighted by Gasteiger charge is -2.14. The van der Waals surface area contributed by atoms with Gasteiger partial charge in [0.25, 0.3) is 5.91 Å². The molecule has 0 aromatic heterocycles. The molecule has 1 saturated heterocycles. The Labute approximate surface area is 171 Å². The van der Waals surface area contributed by atoms with E-state index in [9.17, 15) is 14.0 Å². The number of thiocarbonyl (C=S) groups is 1. The molecule has 144 valence electrons. The van der Waals surface area contributed by atoms with Crippen LogP contribution in [-0.4, -0.2) is 22.8 Å². The Bertz CT molecular complexity index is 990. The predicted molar refractivity (Wildman–Crippen MR) is 111 cm³/mol. The van der Waals surface area contributed by atoms with Crippen molar-refractivity contribution in [1.29, 1.82) is 0 Å². The molecule has 0 bridgehead atoms. The molecule has 1 fully saturated rings. The molecule has 1 aliphatic heterocycles. The van der Waals surface area contributed by atoms with Gasteiger partial charge in [0.1, 0.15) is 5.82 Å². The summed E-state index contributed by atoms with van der Waals surface area (Å²) in [7, 11) is 0. The summed E-state index contributed by atoms with van der Waals surface area (Å²) in [6.07, 6.45) is 1.67. The van der Waals surface area contributed by atoms with Gasteiger partial charge < -0.3 is 9.47 Å². The summed E-state index contributed by atoms with van der Waals surface area (Å²) in [4.78, 5) is 25.7. The van der Waals surface area contributed by atoms with Crippen LogP contribution >= 0.6 is 24.0 Å². The first kappa shape index (κ1) is 20.0. The largest absolute Gasteiger partial charge is 0.490 e. The average molecular weight is 417 g/mol. The molecule has 0 aliphatic carbocycles. The predicted octanol–water partition coefficient (Wildman–Crippen LogP) is 4.56. The minimum Gasteiger partial charge on any atom is -0.490 e. The van der Waals surface area contributed by atoms with Crippen molar-refractivity contribution in [3.8, 4) is 11.5 Å². The van der Waals surface area contributed by atoms with E-state index in [1.54, 1.807) is 30.3 Å².